The van der Waals surface area contributed by atoms with Gasteiger partial charge in [-0.3, -0.25) is 4.79 Å². The topological polar surface area (TPSA) is 20.3 Å². The van der Waals surface area contributed by atoms with Gasteiger partial charge in [-0.15, -0.1) is 0 Å². The molecule has 0 aliphatic heterocycles. The molecule has 100 valence electrons. The SMILES string of the molecule is CCC(C)(C)N(C)C(=O)c1c(F)cc(Br)cc1F. The minimum atomic E-state index is -0.856. The van der Waals surface area contributed by atoms with Gasteiger partial charge in [0, 0.05) is 17.1 Å². The lowest BCUT2D eigenvalue weighted by molar-refractivity contribution is 0.0610. The molecule has 0 N–H and O–H groups in total. The minimum absolute atomic E-state index is 0.270. The lowest BCUT2D eigenvalue weighted by atomic mass is 9.98. The lowest BCUT2D eigenvalue weighted by Gasteiger charge is -2.35. The summed E-state index contributed by atoms with van der Waals surface area (Å²) < 4.78 is 27.7. The van der Waals surface area contributed by atoms with Crippen LogP contribution in [0.2, 0.25) is 0 Å². The number of rotatable bonds is 3. The van der Waals surface area contributed by atoms with Crippen molar-refractivity contribution in [2.45, 2.75) is 32.7 Å². The van der Waals surface area contributed by atoms with Crippen LogP contribution in [0.4, 0.5) is 8.78 Å². The van der Waals surface area contributed by atoms with Crippen molar-refractivity contribution in [3.63, 3.8) is 0 Å². The fraction of sp³-hybridized carbons (Fsp3) is 0.462. The molecule has 0 saturated carbocycles. The molecule has 0 fully saturated rings. The molecule has 0 atom stereocenters. The van der Waals surface area contributed by atoms with E-state index in [-0.39, 0.29) is 4.47 Å². The van der Waals surface area contributed by atoms with E-state index in [1.54, 1.807) is 7.05 Å². The van der Waals surface area contributed by atoms with Crippen LogP contribution < -0.4 is 0 Å². The van der Waals surface area contributed by atoms with E-state index >= 15 is 0 Å². The Hall–Kier alpha value is -0.970. The van der Waals surface area contributed by atoms with Crippen molar-refractivity contribution in [3.8, 4) is 0 Å². The summed E-state index contributed by atoms with van der Waals surface area (Å²) in [5.74, 6) is -2.36. The van der Waals surface area contributed by atoms with Crippen molar-refractivity contribution < 1.29 is 13.6 Å². The van der Waals surface area contributed by atoms with E-state index in [2.05, 4.69) is 15.9 Å². The second-order valence-electron chi connectivity index (χ2n) is 4.77. The predicted molar refractivity (Wildman–Crippen MR) is 70.5 cm³/mol. The molecule has 0 heterocycles. The van der Waals surface area contributed by atoms with E-state index < -0.39 is 28.6 Å². The molecule has 18 heavy (non-hydrogen) atoms. The van der Waals surface area contributed by atoms with Crippen LogP contribution in [-0.2, 0) is 0 Å². The third-order valence-electron chi connectivity index (χ3n) is 3.30. The second-order valence-corrected chi connectivity index (χ2v) is 5.69. The first-order chi connectivity index (χ1) is 8.20. The first-order valence-electron chi connectivity index (χ1n) is 5.63. The van der Waals surface area contributed by atoms with Crippen LogP contribution in [0.3, 0.4) is 0 Å². The van der Waals surface area contributed by atoms with Crippen LogP contribution in [0.5, 0.6) is 0 Å². The monoisotopic (exact) mass is 319 g/mol. The van der Waals surface area contributed by atoms with Gasteiger partial charge in [0.1, 0.15) is 17.2 Å². The van der Waals surface area contributed by atoms with Gasteiger partial charge in [-0.05, 0) is 32.4 Å². The Balaban J connectivity index is 3.20. The second kappa shape index (κ2) is 5.34. The number of hydrogen-bond acceptors (Lipinski definition) is 1. The van der Waals surface area contributed by atoms with Gasteiger partial charge >= 0.3 is 0 Å². The highest BCUT2D eigenvalue weighted by Crippen LogP contribution is 2.24. The number of nitrogens with zero attached hydrogens (tertiary/aromatic N) is 1. The van der Waals surface area contributed by atoms with E-state index in [4.69, 9.17) is 0 Å². The summed E-state index contributed by atoms with van der Waals surface area (Å²) in [7, 11) is 1.55. The fourth-order valence-electron chi connectivity index (χ4n) is 1.43. The molecule has 0 bridgehead atoms. The third-order valence-corrected chi connectivity index (χ3v) is 3.76. The molecule has 1 rings (SSSR count). The summed E-state index contributed by atoms with van der Waals surface area (Å²) >= 11 is 2.98. The molecular formula is C13H16BrF2NO. The Morgan fingerprint density at radius 1 is 1.33 bits per heavy atom. The Morgan fingerprint density at radius 2 is 1.78 bits per heavy atom. The van der Waals surface area contributed by atoms with E-state index in [0.717, 1.165) is 12.1 Å². The highest BCUT2D eigenvalue weighted by molar-refractivity contribution is 9.10. The highest BCUT2D eigenvalue weighted by Gasteiger charge is 2.30. The quantitative estimate of drug-likeness (QED) is 0.825. The van der Waals surface area contributed by atoms with Crippen molar-refractivity contribution in [2.24, 2.45) is 0 Å². The van der Waals surface area contributed by atoms with Crippen LogP contribution in [0.15, 0.2) is 16.6 Å². The fourth-order valence-corrected chi connectivity index (χ4v) is 1.83. The molecule has 0 radical (unpaired) electrons. The molecule has 0 aliphatic rings. The average molecular weight is 320 g/mol. The standard InChI is InChI=1S/C13H16BrF2NO/c1-5-13(2,3)17(4)12(18)11-9(15)6-8(14)7-10(11)16/h6-7H,5H2,1-4H3. The molecule has 2 nitrogen and oxygen atoms in total. The van der Waals surface area contributed by atoms with E-state index in [1.165, 1.54) is 4.90 Å². The van der Waals surface area contributed by atoms with Gasteiger partial charge in [-0.2, -0.15) is 0 Å². The molecule has 0 saturated heterocycles. The van der Waals surface area contributed by atoms with Gasteiger partial charge in [0.15, 0.2) is 0 Å². The Labute approximate surface area is 114 Å². The molecule has 5 heteroatoms. The van der Waals surface area contributed by atoms with Crippen LogP contribution in [0, 0.1) is 11.6 Å². The number of benzene rings is 1. The molecule has 0 aromatic heterocycles. The number of carbonyl (C=O) groups excluding carboxylic acids is 1. The summed E-state index contributed by atoms with van der Waals surface area (Å²) in [6, 6.07) is 2.17. The van der Waals surface area contributed by atoms with E-state index in [1.807, 2.05) is 20.8 Å². The minimum Gasteiger partial charge on any atom is -0.336 e. The molecule has 0 spiro atoms. The highest BCUT2D eigenvalue weighted by atomic mass is 79.9. The Morgan fingerprint density at radius 3 is 2.17 bits per heavy atom. The molecule has 0 aliphatic carbocycles. The maximum atomic E-state index is 13.7. The van der Waals surface area contributed by atoms with Gasteiger partial charge in [0.2, 0.25) is 0 Å². The summed E-state index contributed by atoms with van der Waals surface area (Å²) in [5.41, 5.74) is -0.967. The van der Waals surface area contributed by atoms with Gasteiger partial charge in [0.05, 0.1) is 0 Å². The number of carbonyl (C=O) groups is 1. The largest absolute Gasteiger partial charge is 0.336 e. The van der Waals surface area contributed by atoms with Crippen molar-refractivity contribution in [3.05, 3.63) is 33.8 Å². The van der Waals surface area contributed by atoms with Gasteiger partial charge in [-0.1, -0.05) is 22.9 Å². The van der Waals surface area contributed by atoms with Crippen LogP contribution in [-0.4, -0.2) is 23.4 Å². The van der Waals surface area contributed by atoms with Crippen LogP contribution in [0.1, 0.15) is 37.6 Å². The zero-order valence-electron chi connectivity index (χ0n) is 10.9. The zero-order chi connectivity index (χ0) is 14.1. The predicted octanol–water partition coefficient (Wildman–Crippen LogP) is 3.99. The van der Waals surface area contributed by atoms with E-state index in [0.29, 0.717) is 6.42 Å². The first kappa shape index (κ1) is 15.1. The van der Waals surface area contributed by atoms with Crippen molar-refractivity contribution in [1.29, 1.82) is 0 Å². The molecule has 1 aromatic carbocycles. The number of halogens is 3. The van der Waals surface area contributed by atoms with Crippen molar-refractivity contribution >= 4 is 21.8 Å². The first-order valence-corrected chi connectivity index (χ1v) is 6.42. The van der Waals surface area contributed by atoms with Gasteiger partial charge in [0.25, 0.3) is 5.91 Å². The lowest BCUT2D eigenvalue weighted by Crippen LogP contribution is -2.45. The summed E-state index contributed by atoms with van der Waals surface area (Å²) in [4.78, 5) is 13.5. The Bertz CT molecular complexity index is 451. The maximum absolute atomic E-state index is 13.7. The van der Waals surface area contributed by atoms with Crippen molar-refractivity contribution in [1.82, 2.24) is 4.90 Å². The smallest absolute Gasteiger partial charge is 0.260 e. The Kier molecular flexibility index (Phi) is 4.48. The summed E-state index contributed by atoms with van der Waals surface area (Å²) in [5, 5.41) is 0. The maximum Gasteiger partial charge on any atom is 0.260 e. The van der Waals surface area contributed by atoms with Gasteiger partial charge < -0.3 is 4.90 Å². The summed E-state index contributed by atoms with van der Waals surface area (Å²) in [6.07, 6.45) is 0.689. The molecule has 1 aromatic rings. The zero-order valence-corrected chi connectivity index (χ0v) is 12.4. The van der Waals surface area contributed by atoms with Crippen molar-refractivity contribution in [2.75, 3.05) is 7.05 Å². The average Bonchev–Trinajstić information content (AvgIpc) is 2.26. The molecular weight excluding hydrogens is 304 g/mol. The van der Waals surface area contributed by atoms with E-state index in [9.17, 15) is 13.6 Å². The van der Waals surface area contributed by atoms with Crippen LogP contribution >= 0.6 is 15.9 Å². The number of amides is 1. The normalized spacial score (nSPS) is 11.5. The van der Waals surface area contributed by atoms with Crippen LogP contribution in [0.25, 0.3) is 0 Å². The number of hydrogen-bond donors (Lipinski definition) is 0. The molecule has 1 amide bonds. The third kappa shape index (κ3) is 2.88. The summed E-state index contributed by atoms with van der Waals surface area (Å²) in [6.45, 7) is 5.61. The van der Waals surface area contributed by atoms with Gasteiger partial charge in [-0.25, -0.2) is 8.78 Å². The molecule has 0 unspecified atom stereocenters.